The topological polar surface area (TPSA) is 76.9 Å². The molecule has 0 radical (unpaired) electrons. The van der Waals surface area contributed by atoms with Crippen LogP contribution in [0, 0.1) is 0 Å². The van der Waals surface area contributed by atoms with E-state index in [1.165, 1.54) is 28.9 Å². The highest BCUT2D eigenvalue weighted by atomic mass is 35.5. The predicted molar refractivity (Wildman–Crippen MR) is 83.6 cm³/mol. The first-order valence-corrected chi connectivity index (χ1v) is 8.16. The van der Waals surface area contributed by atoms with Gasteiger partial charge in [-0.15, -0.1) is 0 Å². The third-order valence-corrected chi connectivity index (χ3v) is 4.51. The molecule has 2 heterocycles. The van der Waals surface area contributed by atoms with Crippen LogP contribution in [-0.4, -0.2) is 23.2 Å². The lowest BCUT2D eigenvalue weighted by molar-refractivity contribution is 0.601. The highest BCUT2D eigenvalue weighted by Crippen LogP contribution is 2.21. The van der Waals surface area contributed by atoms with Gasteiger partial charge in [0.15, 0.2) is 5.82 Å². The summed E-state index contributed by atoms with van der Waals surface area (Å²) in [7, 11) is -3.73. The monoisotopic (exact) mass is 334 g/mol. The number of hydrogen-bond donors (Lipinski definition) is 1. The molecule has 0 aliphatic carbocycles. The molecule has 6 nitrogen and oxygen atoms in total. The molecule has 0 amide bonds. The molecule has 0 atom stereocenters. The van der Waals surface area contributed by atoms with Gasteiger partial charge in [-0.25, -0.2) is 18.1 Å². The van der Waals surface area contributed by atoms with E-state index in [1.807, 2.05) is 0 Å². The van der Waals surface area contributed by atoms with Crippen LogP contribution in [0.4, 0.5) is 5.69 Å². The van der Waals surface area contributed by atoms with Crippen LogP contribution in [-0.2, 0) is 10.0 Å². The Bertz CT molecular complexity index is 877. The van der Waals surface area contributed by atoms with E-state index in [4.69, 9.17) is 11.6 Å². The fourth-order valence-electron chi connectivity index (χ4n) is 1.87. The van der Waals surface area contributed by atoms with E-state index in [1.54, 1.807) is 36.8 Å². The lowest BCUT2D eigenvalue weighted by Gasteiger charge is -2.11. The molecule has 0 fully saturated rings. The molecule has 0 unspecified atom stereocenters. The van der Waals surface area contributed by atoms with Crippen LogP contribution in [0.25, 0.3) is 5.82 Å². The molecule has 22 heavy (non-hydrogen) atoms. The molecule has 8 heteroatoms. The van der Waals surface area contributed by atoms with Crippen LogP contribution in [0.2, 0.25) is 5.02 Å². The van der Waals surface area contributed by atoms with Crippen molar-refractivity contribution in [1.29, 1.82) is 0 Å². The molecule has 0 aliphatic heterocycles. The summed E-state index contributed by atoms with van der Waals surface area (Å²) in [5.74, 6) is 0.394. The summed E-state index contributed by atoms with van der Waals surface area (Å²) < 4.78 is 28.8. The summed E-state index contributed by atoms with van der Waals surface area (Å²) in [6.45, 7) is 0. The highest BCUT2D eigenvalue weighted by molar-refractivity contribution is 7.92. The van der Waals surface area contributed by atoms with Crippen molar-refractivity contribution in [2.24, 2.45) is 0 Å². The Morgan fingerprint density at radius 1 is 1.05 bits per heavy atom. The molecular formula is C14H11ClN4O2S. The zero-order chi connectivity index (χ0) is 15.6. The second-order valence-electron chi connectivity index (χ2n) is 4.38. The third-order valence-electron chi connectivity index (χ3n) is 2.88. The Kier molecular flexibility index (Phi) is 3.82. The van der Waals surface area contributed by atoms with Crippen LogP contribution in [0.5, 0.6) is 0 Å². The van der Waals surface area contributed by atoms with Gasteiger partial charge in [0.2, 0.25) is 0 Å². The van der Waals surface area contributed by atoms with Crippen molar-refractivity contribution in [3.63, 3.8) is 0 Å². The second kappa shape index (κ2) is 5.78. The number of hydrogen-bond acceptors (Lipinski definition) is 4. The SMILES string of the molecule is O=S(=O)(Nc1cccnc1-n1cccn1)c1ccc(Cl)cc1. The Morgan fingerprint density at radius 2 is 1.82 bits per heavy atom. The van der Waals surface area contributed by atoms with Gasteiger partial charge < -0.3 is 0 Å². The summed E-state index contributed by atoms with van der Waals surface area (Å²) in [5.41, 5.74) is 0.334. The molecule has 0 saturated heterocycles. The zero-order valence-corrected chi connectivity index (χ0v) is 12.8. The lowest BCUT2D eigenvalue weighted by atomic mass is 10.4. The molecule has 1 N–H and O–H groups in total. The van der Waals surface area contributed by atoms with Gasteiger partial charge in [0.05, 0.1) is 10.6 Å². The van der Waals surface area contributed by atoms with Crippen LogP contribution in [0.3, 0.4) is 0 Å². The highest BCUT2D eigenvalue weighted by Gasteiger charge is 2.17. The number of rotatable bonds is 4. The average Bonchev–Trinajstić information content (AvgIpc) is 3.02. The van der Waals surface area contributed by atoms with Crippen LogP contribution in [0.15, 0.2) is 66.0 Å². The van der Waals surface area contributed by atoms with Crippen molar-refractivity contribution in [1.82, 2.24) is 14.8 Å². The molecule has 0 spiro atoms. The maximum Gasteiger partial charge on any atom is 0.262 e. The van der Waals surface area contributed by atoms with Gasteiger partial charge in [-0.2, -0.15) is 5.10 Å². The number of nitrogens with zero attached hydrogens (tertiary/aromatic N) is 3. The first-order chi connectivity index (χ1) is 10.6. The van der Waals surface area contributed by atoms with E-state index in [9.17, 15) is 8.42 Å². The summed E-state index contributed by atoms with van der Waals surface area (Å²) in [5, 5.41) is 4.53. The van der Waals surface area contributed by atoms with Gasteiger partial charge in [0.25, 0.3) is 10.0 Å². The smallest absolute Gasteiger partial charge is 0.262 e. The molecule has 3 aromatic rings. The molecule has 2 aromatic heterocycles. The fourth-order valence-corrected chi connectivity index (χ4v) is 3.06. The van der Waals surface area contributed by atoms with E-state index in [-0.39, 0.29) is 4.90 Å². The molecule has 0 saturated carbocycles. The van der Waals surface area contributed by atoms with E-state index in [0.717, 1.165) is 0 Å². The van der Waals surface area contributed by atoms with E-state index in [0.29, 0.717) is 16.5 Å². The van der Waals surface area contributed by atoms with Gasteiger partial charge in [-0.1, -0.05) is 11.6 Å². The summed E-state index contributed by atoms with van der Waals surface area (Å²) >= 11 is 5.78. The largest absolute Gasteiger partial charge is 0.276 e. The Balaban J connectivity index is 1.98. The molecule has 0 bridgehead atoms. The van der Waals surface area contributed by atoms with E-state index >= 15 is 0 Å². The first kappa shape index (κ1) is 14.6. The standard InChI is InChI=1S/C14H11ClN4O2S/c15-11-4-6-12(7-5-11)22(20,21)18-13-3-1-8-16-14(13)19-10-2-9-17-19/h1-10,18H. The van der Waals surface area contributed by atoms with Crippen LogP contribution in [0.1, 0.15) is 0 Å². The van der Waals surface area contributed by atoms with Gasteiger partial charge in [-0.3, -0.25) is 4.72 Å². The second-order valence-corrected chi connectivity index (χ2v) is 6.50. The van der Waals surface area contributed by atoms with E-state index in [2.05, 4.69) is 14.8 Å². The number of nitrogens with one attached hydrogen (secondary N) is 1. The molecule has 0 aliphatic rings. The van der Waals surface area contributed by atoms with E-state index < -0.39 is 10.0 Å². The van der Waals surface area contributed by atoms with Gasteiger partial charge in [0.1, 0.15) is 0 Å². The minimum Gasteiger partial charge on any atom is -0.276 e. The number of halogens is 1. The molecular weight excluding hydrogens is 324 g/mol. The predicted octanol–water partition coefficient (Wildman–Crippen LogP) is 2.72. The van der Waals surface area contributed by atoms with Crippen molar-refractivity contribution in [3.05, 3.63) is 66.1 Å². The van der Waals surface area contributed by atoms with Crippen molar-refractivity contribution >= 4 is 27.3 Å². The number of benzene rings is 1. The number of anilines is 1. The first-order valence-electron chi connectivity index (χ1n) is 6.30. The molecule has 112 valence electrons. The Hall–Kier alpha value is -2.38. The third kappa shape index (κ3) is 2.95. The number of sulfonamides is 1. The normalized spacial score (nSPS) is 11.3. The number of aromatic nitrogens is 3. The Morgan fingerprint density at radius 3 is 2.50 bits per heavy atom. The average molecular weight is 335 g/mol. The maximum absolute atomic E-state index is 12.4. The van der Waals surface area contributed by atoms with Crippen molar-refractivity contribution in [2.75, 3.05) is 4.72 Å². The number of pyridine rings is 1. The maximum atomic E-state index is 12.4. The Labute approximate surface area is 132 Å². The van der Waals surface area contributed by atoms with Crippen molar-refractivity contribution < 1.29 is 8.42 Å². The van der Waals surface area contributed by atoms with Crippen molar-refractivity contribution in [3.8, 4) is 5.82 Å². The summed E-state index contributed by atoms with van der Waals surface area (Å²) in [4.78, 5) is 4.28. The lowest BCUT2D eigenvalue weighted by Crippen LogP contribution is -2.15. The minimum absolute atomic E-state index is 0.118. The fraction of sp³-hybridized carbons (Fsp3) is 0. The summed E-state index contributed by atoms with van der Waals surface area (Å²) in [6.07, 6.45) is 4.84. The summed E-state index contributed by atoms with van der Waals surface area (Å²) in [6, 6.07) is 10.9. The van der Waals surface area contributed by atoms with Gasteiger partial charge in [0, 0.05) is 23.6 Å². The molecule has 1 aromatic carbocycles. The van der Waals surface area contributed by atoms with Crippen LogP contribution < -0.4 is 4.72 Å². The quantitative estimate of drug-likeness (QED) is 0.795. The van der Waals surface area contributed by atoms with Crippen LogP contribution >= 0.6 is 11.6 Å². The molecule has 3 rings (SSSR count). The zero-order valence-electron chi connectivity index (χ0n) is 11.2. The van der Waals surface area contributed by atoms with Gasteiger partial charge >= 0.3 is 0 Å². The minimum atomic E-state index is -3.73. The van der Waals surface area contributed by atoms with Gasteiger partial charge in [-0.05, 0) is 42.5 Å². The van der Waals surface area contributed by atoms with Crippen molar-refractivity contribution in [2.45, 2.75) is 4.90 Å².